The van der Waals surface area contributed by atoms with E-state index in [2.05, 4.69) is 10.4 Å². The lowest BCUT2D eigenvalue weighted by molar-refractivity contribution is 0.383. The Balaban J connectivity index is 1.90. The van der Waals surface area contributed by atoms with Crippen molar-refractivity contribution in [2.24, 2.45) is 7.05 Å². The molecule has 3 rings (SSSR count). The van der Waals surface area contributed by atoms with Gasteiger partial charge in [-0.25, -0.2) is 8.42 Å². The zero-order chi connectivity index (χ0) is 13.6. The molecule has 0 spiro atoms. The molecule has 1 aromatic rings. The summed E-state index contributed by atoms with van der Waals surface area (Å²) in [4.78, 5) is 0.341. The molecule has 7 heteroatoms. The third kappa shape index (κ3) is 2.19. The Hall–Kier alpha value is -0.920. The van der Waals surface area contributed by atoms with E-state index in [1.165, 1.54) is 12.6 Å². The lowest BCUT2D eigenvalue weighted by Crippen LogP contribution is -2.39. The van der Waals surface area contributed by atoms with Crippen LogP contribution in [0.1, 0.15) is 25.0 Å². The quantitative estimate of drug-likeness (QED) is 0.845. The Morgan fingerprint density at radius 1 is 1.32 bits per heavy atom. The first-order valence-electron chi connectivity index (χ1n) is 6.73. The van der Waals surface area contributed by atoms with Crippen molar-refractivity contribution in [1.82, 2.24) is 19.4 Å². The summed E-state index contributed by atoms with van der Waals surface area (Å²) in [5, 5.41) is 7.54. The zero-order valence-electron chi connectivity index (χ0n) is 11.3. The average Bonchev–Trinajstić information content (AvgIpc) is 2.83. The third-order valence-corrected chi connectivity index (χ3v) is 6.26. The SMILES string of the molecule is Cc1c(S(=O)(=O)N2CCC3CCC(C2)N3)cnn1C. The van der Waals surface area contributed by atoms with E-state index in [-0.39, 0.29) is 0 Å². The highest BCUT2D eigenvalue weighted by atomic mass is 32.2. The molecule has 2 aliphatic rings. The van der Waals surface area contributed by atoms with Crippen molar-refractivity contribution in [2.75, 3.05) is 13.1 Å². The molecule has 2 unspecified atom stereocenters. The Kier molecular flexibility index (Phi) is 3.15. The predicted molar refractivity (Wildman–Crippen MR) is 71.3 cm³/mol. The van der Waals surface area contributed by atoms with Crippen molar-refractivity contribution in [1.29, 1.82) is 0 Å². The molecule has 2 fully saturated rings. The van der Waals surface area contributed by atoms with Crippen LogP contribution in [0.5, 0.6) is 0 Å². The van der Waals surface area contributed by atoms with Crippen molar-refractivity contribution < 1.29 is 8.42 Å². The van der Waals surface area contributed by atoms with E-state index in [1.54, 1.807) is 23.0 Å². The first-order chi connectivity index (χ1) is 8.98. The van der Waals surface area contributed by atoms with E-state index in [0.717, 1.165) is 12.8 Å². The molecule has 2 bridgehead atoms. The molecule has 2 saturated heterocycles. The Morgan fingerprint density at radius 2 is 2.05 bits per heavy atom. The smallest absolute Gasteiger partial charge is 0.246 e. The van der Waals surface area contributed by atoms with Gasteiger partial charge < -0.3 is 5.32 Å². The molecule has 0 aliphatic carbocycles. The van der Waals surface area contributed by atoms with E-state index < -0.39 is 10.0 Å². The second-order valence-corrected chi connectivity index (χ2v) is 7.41. The fraction of sp³-hybridized carbons (Fsp3) is 0.750. The highest BCUT2D eigenvalue weighted by Gasteiger charge is 2.36. The molecule has 6 nitrogen and oxygen atoms in total. The van der Waals surface area contributed by atoms with Gasteiger partial charge in [0.2, 0.25) is 10.0 Å². The van der Waals surface area contributed by atoms with Crippen LogP contribution in [0.2, 0.25) is 0 Å². The Morgan fingerprint density at radius 3 is 2.74 bits per heavy atom. The Labute approximate surface area is 113 Å². The molecule has 0 amide bonds. The van der Waals surface area contributed by atoms with Crippen LogP contribution >= 0.6 is 0 Å². The number of hydrogen-bond donors (Lipinski definition) is 1. The second kappa shape index (κ2) is 4.57. The maximum Gasteiger partial charge on any atom is 0.246 e. The van der Waals surface area contributed by atoms with Crippen LogP contribution in [0.25, 0.3) is 0 Å². The molecular weight excluding hydrogens is 264 g/mol. The summed E-state index contributed by atoms with van der Waals surface area (Å²) in [6.45, 7) is 2.97. The van der Waals surface area contributed by atoms with Crippen molar-refractivity contribution in [3.05, 3.63) is 11.9 Å². The van der Waals surface area contributed by atoms with Gasteiger partial charge in [-0.05, 0) is 26.2 Å². The summed E-state index contributed by atoms with van der Waals surface area (Å²) < 4.78 is 28.6. The van der Waals surface area contributed by atoms with Crippen LogP contribution in [0.4, 0.5) is 0 Å². The molecule has 0 radical (unpaired) electrons. The summed E-state index contributed by atoms with van der Waals surface area (Å²) in [6.07, 6.45) is 4.60. The van der Waals surface area contributed by atoms with Crippen LogP contribution in [-0.2, 0) is 17.1 Å². The highest BCUT2D eigenvalue weighted by molar-refractivity contribution is 7.89. The second-order valence-electron chi connectivity index (χ2n) is 5.51. The maximum absolute atomic E-state index is 12.7. The average molecular weight is 284 g/mol. The van der Waals surface area contributed by atoms with Crippen LogP contribution < -0.4 is 5.32 Å². The van der Waals surface area contributed by atoms with Crippen molar-refractivity contribution in [3.8, 4) is 0 Å². The monoisotopic (exact) mass is 284 g/mol. The molecule has 1 N–H and O–H groups in total. The molecule has 3 heterocycles. The van der Waals surface area contributed by atoms with Crippen molar-refractivity contribution >= 4 is 10.0 Å². The number of hydrogen-bond acceptors (Lipinski definition) is 4. The maximum atomic E-state index is 12.7. The minimum absolute atomic E-state index is 0.305. The topological polar surface area (TPSA) is 67.2 Å². The third-order valence-electron chi connectivity index (χ3n) is 4.29. The summed E-state index contributed by atoms with van der Waals surface area (Å²) in [5.74, 6) is 0. The van der Waals surface area contributed by atoms with Crippen LogP contribution in [-0.4, -0.2) is 47.7 Å². The van der Waals surface area contributed by atoms with E-state index in [4.69, 9.17) is 0 Å². The lowest BCUT2D eigenvalue weighted by atomic mass is 10.1. The number of aryl methyl sites for hydroxylation is 1. The van der Waals surface area contributed by atoms with Crippen molar-refractivity contribution in [2.45, 2.75) is 43.2 Å². The lowest BCUT2D eigenvalue weighted by Gasteiger charge is -2.23. The summed E-state index contributed by atoms with van der Waals surface area (Å²) in [7, 11) is -1.64. The highest BCUT2D eigenvalue weighted by Crippen LogP contribution is 2.26. The molecule has 0 aromatic carbocycles. The van der Waals surface area contributed by atoms with E-state index >= 15 is 0 Å². The van der Waals surface area contributed by atoms with Gasteiger partial charge in [0.25, 0.3) is 0 Å². The van der Waals surface area contributed by atoms with Gasteiger partial charge in [-0.2, -0.15) is 9.40 Å². The van der Waals surface area contributed by atoms with Gasteiger partial charge in [0.15, 0.2) is 0 Å². The minimum Gasteiger partial charge on any atom is -0.310 e. The molecule has 19 heavy (non-hydrogen) atoms. The van der Waals surface area contributed by atoms with Gasteiger partial charge in [0.1, 0.15) is 4.90 Å². The minimum atomic E-state index is -3.41. The number of nitrogens with one attached hydrogen (secondary N) is 1. The van der Waals surface area contributed by atoms with E-state index in [9.17, 15) is 8.42 Å². The predicted octanol–water partition coefficient (Wildman–Crippen LogP) is 0.244. The number of rotatable bonds is 2. The van der Waals surface area contributed by atoms with E-state index in [1.807, 2.05) is 0 Å². The van der Waals surface area contributed by atoms with Gasteiger partial charge in [-0.1, -0.05) is 0 Å². The summed E-state index contributed by atoms with van der Waals surface area (Å²) in [6, 6.07) is 0.791. The van der Waals surface area contributed by atoms with Gasteiger partial charge in [-0.15, -0.1) is 0 Å². The van der Waals surface area contributed by atoms with Crippen LogP contribution in [0, 0.1) is 6.92 Å². The van der Waals surface area contributed by atoms with Crippen LogP contribution in [0.3, 0.4) is 0 Å². The zero-order valence-corrected chi connectivity index (χ0v) is 12.2. The van der Waals surface area contributed by atoms with Gasteiger partial charge in [-0.3, -0.25) is 4.68 Å². The van der Waals surface area contributed by atoms with Gasteiger partial charge in [0.05, 0.1) is 11.9 Å². The van der Waals surface area contributed by atoms with Crippen LogP contribution in [0.15, 0.2) is 11.1 Å². The number of fused-ring (bicyclic) bond motifs is 2. The first-order valence-corrected chi connectivity index (χ1v) is 8.17. The van der Waals surface area contributed by atoms with Crippen molar-refractivity contribution in [3.63, 3.8) is 0 Å². The summed E-state index contributed by atoms with van der Waals surface area (Å²) in [5.41, 5.74) is 0.697. The summed E-state index contributed by atoms with van der Waals surface area (Å²) >= 11 is 0. The van der Waals surface area contributed by atoms with Gasteiger partial charge in [0, 0.05) is 32.2 Å². The molecular formula is C12H20N4O2S. The molecule has 2 aliphatic heterocycles. The van der Waals surface area contributed by atoms with Gasteiger partial charge >= 0.3 is 0 Å². The molecule has 106 valence electrons. The number of nitrogens with zero attached hydrogens (tertiary/aromatic N) is 3. The van der Waals surface area contributed by atoms with E-state index in [0.29, 0.717) is 35.8 Å². The molecule has 1 aromatic heterocycles. The molecule has 0 saturated carbocycles. The first kappa shape index (κ1) is 13.1. The fourth-order valence-corrected chi connectivity index (χ4v) is 4.69. The fourth-order valence-electron chi connectivity index (χ4n) is 3.00. The number of sulfonamides is 1. The molecule has 2 atom stereocenters. The largest absolute Gasteiger partial charge is 0.310 e. The Bertz CT molecular complexity index is 581. The standard InChI is InChI=1S/C12H20N4O2S/c1-9-12(7-13-15(9)2)19(17,18)16-6-5-10-3-4-11(8-16)14-10/h7,10-11,14H,3-6,8H2,1-2H3. The normalized spacial score (nSPS) is 28.5. The number of aromatic nitrogens is 2.